The summed E-state index contributed by atoms with van der Waals surface area (Å²) in [5.74, 6) is 0.707. The second kappa shape index (κ2) is 7.25. The number of hydrogen-bond acceptors (Lipinski definition) is 5. The van der Waals surface area contributed by atoms with Crippen molar-refractivity contribution in [1.29, 1.82) is 0 Å². The molecule has 6 nitrogen and oxygen atoms in total. The minimum absolute atomic E-state index is 0.0167. The number of ether oxygens (including phenoxy) is 1. The molecule has 1 amide bonds. The number of pyridine rings is 1. The van der Waals surface area contributed by atoms with Crippen LogP contribution < -0.4 is 15.1 Å². The number of benzene rings is 2. The number of fused-ring (bicyclic) bond motifs is 2. The van der Waals surface area contributed by atoms with Gasteiger partial charge in [-0.2, -0.15) is 0 Å². The Labute approximate surface area is 182 Å². The average Bonchev–Trinajstić information content (AvgIpc) is 3.07. The molecule has 4 aromatic rings. The Kier molecular flexibility index (Phi) is 4.52. The molecule has 0 fully saturated rings. The summed E-state index contributed by atoms with van der Waals surface area (Å²) in [7, 11) is 1.58. The second-order valence-corrected chi connectivity index (χ2v) is 7.80. The van der Waals surface area contributed by atoms with Gasteiger partial charge in [-0.05, 0) is 54.4 Å². The Balaban J connectivity index is 1.79. The van der Waals surface area contributed by atoms with Crippen LogP contribution in [-0.4, -0.2) is 18.0 Å². The predicted octanol–water partition coefficient (Wildman–Crippen LogP) is 4.91. The van der Waals surface area contributed by atoms with Gasteiger partial charge in [0.05, 0.1) is 24.1 Å². The monoisotopic (exact) mass is 432 g/mol. The first-order valence-corrected chi connectivity index (χ1v) is 10.0. The molecule has 0 spiro atoms. The van der Waals surface area contributed by atoms with Gasteiger partial charge in [-0.3, -0.25) is 14.5 Å². The normalized spacial score (nSPS) is 15.4. The highest BCUT2D eigenvalue weighted by Gasteiger charge is 2.44. The summed E-state index contributed by atoms with van der Waals surface area (Å²) in [6, 6.07) is 15.0. The topological polar surface area (TPSA) is 72.6 Å². The highest BCUT2D eigenvalue weighted by Crippen LogP contribution is 2.41. The van der Waals surface area contributed by atoms with Crippen LogP contribution in [0.2, 0.25) is 5.02 Å². The van der Waals surface area contributed by atoms with Crippen LogP contribution in [0.4, 0.5) is 5.82 Å². The van der Waals surface area contributed by atoms with Crippen molar-refractivity contribution >= 4 is 34.3 Å². The highest BCUT2D eigenvalue weighted by atomic mass is 35.5. The summed E-state index contributed by atoms with van der Waals surface area (Å²) < 4.78 is 11.2. The number of nitrogens with zero attached hydrogens (tertiary/aromatic N) is 2. The summed E-state index contributed by atoms with van der Waals surface area (Å²) in [4.78, 5) is 32.9. The smallest absolute Gasteiger partial charge is 0.296 e. The van der Waals surface area contributed by atoms with E-state index in [4.69, 9.17) is 20.8 Å². The van der Waals surface area contributed by atoms with E-state index >= 15 is 0 Å². The molecular formula is C24H17ClN2O4. The lowest BCUT2D eigenvalue weighted by Crippen LogP contribution is -2.30. The van der Waals surface area contributed by atoms with Gasteiger partial charge in [0.25, 0.3) is 5.91 Å². The van der Waals surface area contributed by atoms with Gasteiger partial charge >= 0.3 is 0 Å². The van der Waals surface area contributed by atoms with E-state index in [0.29, 0.717) is 27.6 Å². The molecule has 1 atom stereocenters. The lowest BCUT2D eigenvalue weighted by atomic mass is 9.98. The summed E-state index contributed by atoms with van der Waals surface area (Å²) in [6.45, 7) is 1.92. The molecule has 0 bridgehead atoms. The summed E-state index contributed by atoms with van der Waals surface area (Å²) in [5.41, 5.74) is 2.00. The van der Waals surface area contributed by atoms with Gasteiger partial charge in [0.1, 0.15) is 17.2 Å². The van der Waals surface area contributed by atoms with Crippen LogP contribution in [0, 0.1) is 6.92 Å². The first-order chi connectivity index (χ1) is 15.0. The van der Waals surface area contributed by atoms with E-state index in [0.717, 1.165) is 11.1 Å². The van der Waals surface area contributed by atoms with Gasteiger partial charge in [-0.25, -0.2) is 4.98 Å². The largest absolute Gasteiger partial charge is 0.497 e. The summed E-state index contributed by atoms with van der Waals surface area (Å²) in [5, 5.41) is 0.749. The Hall–Kier alpha value is -3.64. The Morgan fingerprint density at radius 1 is 1.06 bits per heavy atom. The zero-order chi connectivity index (χ0) is 21.7. The van der Waals surface area contributed by atoms with E-state index in [1.807, 2.05) is 25.1 Å². The lowest BCUT2D eigenvalue weighted by Gasteiger charge is -2.24. The Morgan fingerprint density at radius 2 is 1.84 bits per heavy atom. The van der Waals surface area contributed by atoms with Crippen molar-refractivity contribution in [1.82, 2.24) is 4.98 Å². The maximum Gasteiger partial charge on any atom is 0.296 e. The fraction of sp³-hybridized carbons (Fsp3) is 0.125. The van der Waals surface area contributed by atoms with Crippen molar-refractivity contribution in [3.8, 4) is 5.75 Å². The van der Waals surface area contributed by atoms with Gasteiger partial charge in [-0.15, -0.1) is 0 Å². The minimum Gasteiger partial charge on any atom is -0.497 e. The molecule has 3 heterocycles. The molecule has 5 rings (SSSR count). The summed E-state index contributed by atoms with van der Waals surface area (Å²) in [6.07, 6.45) is 1.68. The molecule has 7 heteroatoms. The first-order valence-electron chi connectivity index (χ1n) is 9.64. The quantitative estimate of drug-likeness (QED) is 0.460. The van der Waals surface area contributed by atoms with Crippen LogP contribution in [0.1, 0.15) is 33.3 Å². The fourth-order valence-electron chi connectivity index (χ4n) is 3.89. The number of carbonyl (C=O) groups excluding carboxylic acids is 1. The van der Waals surface area contributed by atoms with Crippen molar-refractivity contribution in [2.45, 2.75) is 13.0 Å². The molecule has 154 valence electrons. The van der Waals surface area contributed by atoms with E-state index in [1.54, 1.807) is 49.7 Å². The molecule has 0 radical (unpaired) electrons. The number of rotatable bonds is 3. The zero-order valence-electron chi connectivity index (χ0n) is 16.8. The average molecular weight is 433 g/mol. The number of hydrogen-bond donors (Lipinski definition) is 0. The number of amides is 1. The van der Waals surface area contributed by atoms with E-state index in [-0.39, 0.29) is 16.8 Å². The van der Waals surface area contributed by atoms with E-state index < -0.39 is 11.9 Å². The van der Waals surface area contributed by atoms with Crippen LogP contribution in [-0.2, 0) is 0 Å². The first kappa shape index (κ1) is 19.3. The van der Waals surface area contributed by atoms with Crippen LogP contribution in [0.25, 0.3) is 11.0 Å². The van der Waals surface area contributed by atoms with Crippen LogP contribution in [0.3, 0.4) is 0 Å². The molecule has 2 aromatic heterocycles. The van der Waals surface area contributed by atoms with Gasteiger partial charge in [0, 0.05) is 11.2 Å². The van der Waals surface area contributed by atoms with Crippen molar-refractivity contribution in [3.05, 3.63) is 98.5 Å². The van der Waals surface area contributed by atoms with Gasteiger partial charge in [-0.1, -0.05) is 29.8 Å². The van der Waals surface area contributed by atoms with Gasteiger partial charge in [0.15, 0.2) is 5.43 Å². The van der Waals surface area contributed by atoms with Crippen LogP contribution in [0.15, 0.2) is 70.0 Å². The van der Waals surface area contributed by atoms with E-state index in [1.165, 1.54) is 4.90 Å². The van der Waals surface area contributed by atoms with Crippen molar-refractivity contribution in [2.75, 3.05) is 12.0 Å². The molecule has 0 saturated heterocycles. The number of carbonyl (C=O) groups is 1. The minimum atomic E-state index is -0.691. The number of anilines is 1. The van der Waals surface area contributed by atoms with Crippen LogP contribution in [0.5, 0.6) is 5.75 Å². The Bertz CT molecular complexity index is 1380. The number of aromatic nitrogens is 1. The molecular weight excluding hydrogens is 416 g/mol. The fourth-order valence-corrected chi connectivity index (χ4v) is 4.06. The standard InChI is InChI=1S/C24H17ClN2O4/c1-13-3-10-19(26-12-13)27-21(14-4-7-16(30-2)8-5-14)20-22(28)17-11-15(25)6-9-18(17)31-23(20)24(27)29/h3-12,21H,1-2H3. The number of aryl methyl sites for hydroxylation is 1. The summed E-state index contributed by atoms with van der Waals surface area (Å²) >= 11 is 6.11. The second-order valence-electron chi connectivity index (χ2n) is 7.36. The molecule has 0 saturated carbocycles. The zero-order valence-corrected chi connectivity index (χ0v) is 17.5. The predicted molar refractivity (Wildman–Crippen MR) is 118 cm³/mol. The number of methoxy groups -OCH3 is 1. The molecule has 1 unspecified atom stereocenters. The third-order valence-corrected chi connectivity index (χ3v) is 5.64. The van der Waals surface area contributed by atoms with Gasteiger partial charge in [0.2, 0.25) is 5.76 Å². The third-order valence-electron chi connectivity index (χ3n) is 5.41. The van der Waals surface area contributed by atoms with E-state index in [2.05, 4.69) is 4.98 Å². The lowest BCUT2D eigenvalue weighted by molar-refractivity contribution is 0.0970. The molecule has 0 aliphatic carbocycles. The van der Waals surface area contributed by atoms with Crippen LogP contribution >= 0.6 is 11.6 Å². The molecule has 1 aliphatic heterocycles. The van der Waals surface area contributed by atoms with Crippen molar-refractivity contribution in [2.24, 2.45) is 0 Å². The Morgan fingerprint density at radius 3 is 2.52 bits per heavy atom. The van der Waals surface area contributed by atoms with Gasteiger partial charge < -0.3 is 9.15 Å². The third kappa shape index (κ3) is 3.07. The van der Waals surface area contributed by atoms with Crippen molar-refractivity contribution in [3.63, 3.8) is 0 Å². The maximum atomic E-state index is 13.5. The molecule has 2 aromatic carbocycles. The molecule has 31 heavy (non-hydrogen) atoms. The van der Waals surface area contributed by atoms with E-state index in [9.17, 15) is 9.59 Å². The maximum absolute atomic E-state index is 13.5. The molecule has 1 aliphatic rings. The van der Waals surface area contributed by atoms with Crippen molar-refractivity contribution < 1.29 is 13.9 Å². The highest BCUT2D eigenvalue weighted by molar-refractivity contribution is 6.31. The molecule has 0 N–H and O–H groups in total. The SMILES string of the molecule is COc1ccc(C2c3c(oc4ccc(Cl)cc4c3=O)C(=O)N2c2ccc(C)cn2)cc1. The number of halogens is 1.